The van der Waals surface area contributed by atoms with E-state index < -0.39 is 0 Å². The third-order valence-corrected chi connectivity index (χ3v) is 7.94. The van der Waals surface area contributed by atoms with Gasteiger partial charge in [-0.1, -0.05) is 54.6 Å². The Hall–Kier alpha value is -3.73. The molecule has 4 aromatic rings. The van der Waals surface area contributed by atoms with Gasteiger partial charge in [0.25, 0.3) is 0 Å². The maximum atomic E-state index is 12.6. The van der Waals surface area contributed by atoms with E-state index in [1.165, 1.54) is 22.3 Å². The van der Waals surface area contributed by atoms with Crippen molar-refractivity contribution in [3.8, 4) is 22.5 Å². The van der Waals surface area contributed by atoms with Crippen LogP contribution < -0.4 is 0 Å². The van der Waals surface area contributed by atoms with Crippen LogP contribution in [0.1, 0.15) is 36.0 Å². The van der Waals surface area contributed by atoms with E-state index in [1.807, 2.05) is 6.20 Å². The summed E-state index contributed by atoms with van der Waals surface area (Å²) in [4.78, 5) is 24.5. The predicted octanol–water partition coefficient (Wildman–Crippen LogP) is 5.90. The molecule has 36 heavy (non-hydrogen) atoms. The topological polar surface area (TPSA) is 51.0 Å². The van der Waals surface area contributed by atoms with Crippen LogP contribution in [0.5, 0.6) is 0 Å². The smallest absolute Gasteiger partial charge is 0.225 e. The number of rotatable bonds is 5. The van der Waals surface area contributed by atoms with Crippen molar-refractivity contribution in [2.24, 2.45) is 11.8 Å². The van der Waals surface area contributed by atoms with E-state index in [-0.39, 0.29) is 0 Å². The van der Waals surface area contributed by atoms with E-state index in [9.17, 15) is 4.79 Å². The van der Waals surface area contributed by atoms with Crippen LogP contribution in [0, 0.1) is 18.8 Å². The minimum atomic E-state index is 0.290. The number of allylic oxidation sites excluding steroid dienone is 1. The zero-order valence-corrected chi connectivity index (χ0v) is 20.7. The van der Waals surface area contributed by atoms with E-state index in [2.05, 4.69) is 77.1 Å². The first-order valence-electron chi connectivity index (χ1n) is 13.1. The Kier molecular flexibility index (Phi) is 5.05. The second-order valence-corrected chi connectivity index (χ2v) is 10.7. The van der Waals surface area contributed by atoms with Gasteiger partial charge in [0.2, 0.25) is 5.91 Å². The van der Waals surface area contributed by atoms with E-state index in [1.54, 1.807) is 0 Å². The highest BCUT2D eigenvalue weighted by Crippen LogP contribution is 2.34. The number of hydrogen-bond acceptors (Lipinski definition) is 3. The minimum Gasteiger partial charge on any atom is -0.342 e. The highest BCUT2D eigenvalue weighted by atomic mass is 16.2. The average molecular weight is 475 g/mol. The number of carbonyl (C=O) groups is 1. The van der Waals surface area contributed by atoms with Crippen LogP contribution in [-0.2, 0) is 17.8 Å². The summed E-state index contributed by atoms with van der Waals surface area (Å²) in [7, 11) is 0. The molecular weight excluding hydrogens is 444 g/mol. The van der Waals surface area contributed by atoms with Gasteiger partial charge in [-0.25, -0.2) is 9.97 Å². The molecule has 3 heterocycles. The molecule has 5 nitrogen and oxygen atoms in total. The van der Waals surface area contributed by atoms with Crippen molar-refractivity contribution in [2.45, 2.75) is 39.2 Å². The highest BCUT2D eigenvalue weighted by Gasteiger charge is 2.36. The second-order valence-electron chi connectivity index (χ2n) is 10.7. The number of likely N-dealkylation sites (tertiary alicyclic amines) is 1. The molecule has 0 N–H and O–H groups in total. The standard InChI is InChI=1S/C31H30N4O/c1-20-15-28-30(32-17-20)35(19-21-13-14-34(18-21)31(36)25-10-11-25)29(33-28)24-8-5-23(6-9-24)27-12-7-22-3-2-4-26(22)16-27/h2-3,5-9,12,15-17,21,25H,4,10-11,13-14,18-19H2,1H3/t21-/m1/s1. The van der Waals surface area contributed by atoms with Crippen molar-refractivity contribution in [2.75, 3.05) is 13.1 Å². The number of hydrogen-bond donors (Lipinski definition) is 0. The van der Waals surface area contributed by atoms with E-state index in [0.29, 0.717) is 17.7 Å². The number of benzene rings is 2. The van der Waals surface area contributed by atoms with Gasteiger partial charge in [0.15, 0.2) is 5.65 Å². The Balaban J connectivity index is 1.20. The van der Waals surface area contributed by atoms with Gasteiger partial charge in [0, 0.05) is 37.3 Å². The summed E-state index contributed by atoms with van der Waals surface area (Å²) >= 11 is 0. The van der Waals surface area contributed by atoms with Crippen LogP contribution in [0.3, 0.4) is 0 Å². The Labute approximate surface area is 211 Å². The molecule has 0 spiro atoms. The van der Waals surface area contributed by atoms with Crippen LogP contribution in [0.25, 0.3) is 39.8 Å². The number of nitrogens with zero attached hydrogens (tertiary/aromatic N) is 4. The van der Waals surface area contributed by atoms with Gasteiger partial charge in [-0.3, -0.25) is 4.79 Å². The Bertz CT molecular complexity index is 1510. The summed E-state index contributed by atoms with van der Waals surface area (Å²) in [5.41, 5.74) is 9.27. The van der Waals surface area contributed by atoms with E-state index in [0.717, 1.165) is 73.4 Å². The number of pyridine rings is 1. The second kappa shape index (κ2) is 8.44. The molecule has 7 rings (SSSR count). The summed E-state index contributed by atoms with van der Waals surface area (Å²) in [5, 5.41) is 0. The van der Waals surface area contributed by atoms with Crippen molar-refractivity contribution in [1.29, 1.82) is 0 Å². The van der Waals surface area contributed by atoms with Crippen molar-refractivity contribution < 1.29 is 4.79 Å². The Morgan fingerprint density at radius 2 is 1.81 bits per heavy atom. The number of amides is 1. The van der Waals surface area contributed by atoms with Gasteiger partial charge in [-0.05, 0) is 72.4 Å². The fourth-order valence-electron chi connectivity index (χ4n) is 5.78. The molecule has 2 aliphatic carbocycles. The summed E-state index contributed by atoms with van der Waals surface area (Å²) in [6, 6.07) is 17.6. The van der Waals surface area contributed by atoms with E-state index in [4.69, 9.17) is 9.97 Å². The Morgan fingerprint density at radius 1 is 1.00 bits per heavy atom. The van der Waals surface area contributed by atoms with Crippen molar-refractivity contribution in [3.63, 3.8) is 0 Å². The van der Waals surface area contributed by atoms with Crippen molar-refractivity contribution in [1.82, 2.24) is 19.4 Å². The largest absolute Gasteiger partial charge is 0.342 e. The van der Waals surface area contributed by atoms with Crippen LogP contribution in [0.4, 0.5) is 0 Å². The van der Waals surface area contributed by atoms with Gasteiger partial charge in [0.1, 0.15) is 11.3 Å². The Morgan fingerprint density at radius 3 is 2.64 bits per heavy atom. The normalized spacial score (nSPS) is 18.8. The van der Waals surface area contributed by atoms with Crippen LogP contribution in [0.2, 0.25) is 0 Å². The number of carbonyl (C=O) groups excluding carboxylic acids is 1. The van der Waals surface area contributed by atoms with Gasteiger partial charge < -0.3 is 9.47 Å². The molecule has 0 bridgehead atoms. The maximum absolute atomic E-state index is 12.6. The monoisotopic (exact) mass is 474 g/mol. The lowest BCUT2D eigenvalue weighted by atomic mass is 9.99. The molecule has 180 valence electrons. The lowest BCUT2D eigenvalue weighted by Gasteiger charge is -2.17. The van der Waals surface area contributed by atoms with Crippen molar-refractivity contribution in [3.05, 3.63) is 77.5 Å². The molecule has 2 fully saturated rings. The molecule has 2 aromatic carbocycles. The maximum Gasteiger partial charge on any atom is 0.225 e. The highest BCUT2D eigenvalue weighted by molar-refractivity contribution is 5.81. The third-order valence-electron chi connectivity index (χ3n) is 7.94. The lowest BCUT2D eigenvalue weighted by molar-refractivity contribution is -0.131. The van der Waals surface area contributed by atoms with E-state index >= 15 is 0 Å². The molecule has 1 aliphatic heterocycles. The average Bonchev–Trinajstić information content (AvgIpc) is 3.30. The third kappa shape index (κ3) is 3.83. The molecule has 1 saturated heterocycles. The summed E-state index contributed by atoms with van der Waals surface area (Å²) in [6.45, 7) is 4.60. The molecule has 0 unspecified atom stereocenters. The van der Waals surface area contributed by atoms with Crippen LogP contribution >= 0.6 is 0 Å². The first kappa shape index (κ1) is 21.5. The molecule has 2 aromatic heterocycles. The lowest BCUT2D eigenvalue weighted by Crippen LogP contribution is -2.30. The van der Waals surface area contributed by atoms with Gasteiger partial charge in [-0.2, -0.15) is 0 Å². The SMILES string of the molecule is Cc1cnc2c(c1)nc(-c1ccc(-c3ccc4c(c3)CC=C4)cc1)n2C[C@@H]1CCN(C(=O)C2CC2)C1. The number of imidazole rings is 1. The molecular formula is C31H30N4O. The molecule has 1 saturated carbocycles. The fraction of sp³-hybridized carbons (Fsp3) is 0.323. The number of aryl methyl sites for hydroxylation is 1. The van der Waals surface area contributed by atoms with Crippen LogP contribution in [-0.4, -0.2) is 38.4 Å². The zero-order chi connectivity index (χ0) is 24.2. The minimum absolute atomic E-state index is 0.290. The summed E-state index contributed by atoms with van der Waals surface area (Å²) in [6.07, 6.45) is 10.5. The summed E-state index contributed by atoms with van der Waals surface area (Å²) in [5.74, 6) is 2.03. The number of fused-ring (bicyclic) bond motifs is 2. The molecule has 5 heteroatoms. The van der Waals surface area contributed by atoms with Crippen molar-refractivity contribution >= 4 is 23.1 Å². The van der Waals surface area contributed by atoms with Crippen LogP contribution in [0.15, 0.2) is 60.8 Å². The quantitative estimate of drug-likeness (QED) is 0.362. The van der Waals surface area contributed by atoms with Gasteiger partial charge in [-0.15, -0.1) is 0 Å². The zero-order valence-electron chi connectivity index (χ0n) is 20.7. The predicted molar refractivity (Wildman–Crippen MR) is 143 cm³/mol. The van der Waals surface area contributed by atoms with Gasteiger partial charge >= 0.3 is 0 Å². The number of aromatic nitrogens is 3. The molecule has 0 radical (unpaired) electrons. The molecule has 3 aliphatic rings. The first-order valence-corrected chi connectivity index (χ1v) is 13.1. The first-order chi connectivity index (χ1) is 17.6. The fourth-order valence-corrected chi connectivity index (χ4v) is 5.78. The molecule has 1 amide bonds. The summed E-state index contributed by atoms with van der Waals surface area (Å²) < 4.78 is 2.28. The van der Waals surface area contributed by atoms with Gasteiger partial charge in [0.05, 0.1) is 0 Å². The molecule has 1 atom stereocenters.